The summed E-state index contributed by atoms with van der Waals surface area (Å²) in [4.78, 5) is 27.8. The van der Waals surface area contributed by atoms with E-state index in [1.807, 2.05) is 31.2 Å². The maximum absolute atomic E-state index is 13.6. The summed E-state index contributed by atoms with van der Waals surface area (Å²) < 4.78 is 39.2. The SMILES string of the molecule is CCCNC(=O)[C@H](C)N(Cc1ccc(Br)cc1)C(=O)CN(c1ccc2c(c1)OCCO2)S(=O)(=O)CC. The second-order valence-electron chi connectivity index (χ2n) is 8.35. The second kappa shape index (κ2) is 12.4. The van der Waals surface area contributed by atoms with Gasteiger partial charge in [0.25, 0.3) is 0 Å². The summed E-state index contributed by atoms with van der Waals surface area (Å²) >= 11 is 3.40. The molecule has 1 aliphatic heterocycles. The molecular formula is C25H32BrN3O6S. The van der Waals surface area contributed by atoms with Gasteiger partial charge in [-0.25, -0.2) is 8.42 Å². The Balaban J connectivity index is 1.93. The van der Waals surface area contributed by atoms with Crippen LogP contribution in [0.2, 0.25) is 0 Å². The molecule has 1 N–H and O–H groups in total. The van der Waals surface area contributed by atoms with Gasteiger partial charge in [0.05, 0.1) is 11.4 Å². The number of halogens is 1. The summed E-state index contributed by atoms with van der Waals surface area (Å²) in [6.07, 6.45) is 0.756. The Morgan fingerprint density at radius 3 is 2.36 bits per heavy atom. The number of benzene rings is 2. The minimum absolute atomic E-state index is 0.147. The largest absolute Gasteiger partial charge is 0.486 e. The lowest BCUT2D eigenvalue weighted by Crippen LogP contribution is -2.51. The highest BCUT2D eigenvalue weighted by Gasteiger charge is 2.31. The standard InChI is InChI=1S/C25H32BrN3O6S/c1-4-12-27-25(31)18(3)28(16-19-6-8-20(26)9-7-19)24(30)17-29(36(32,33)5-2)21-10-11-22-23(15-21)35-14-13-34-22/h6-11,15,18H,4-5,12-14,16-17H2,1-3H3,(H,27,31)/t18-/m0/s1. The Bertz CT molecular complexity index is 1170. The zero-order chi connectivity index (χ0) is 26.3. The normalized spacial score (nSPS) is 13.6. The van der Waals surface area contributed by atoms with Gasteiger partial charge < -0.3 is 19.7 Å². The summed E-state index contributed by atoms with van der Waals surface area (Å²) in [6.45, 7) is 6.03. The highest BCUT2D eigenvalue weighted by atomic mass is 79.9. The molecule has 1 heterocycles. The zero-order valence-corrected chi connectivity index (χ0v) is 23.1. The first-order valence-corrected chi connectivity index (χ1v) is 14.3. The molecule has 0 radical (unpaired) electrons. The van der Waals surface area contributed by atoms with Crippen molar-refractivity contribution in [3.05, 3.63) is 52.5 Å². The van der Waals surface area contributed by atoms with Crippen molar-refractivity contribution in [1.29, 1.82) is 0 Å². The predicted molar refractivity (Wildman–Crippen MR) is 142 cm³/mol. The van der Waals surface area contributed by atoms with Gasteiger partial charge in [0, 0.05) is 23.6 Å². The van der Waals surface area contributed by atoms with Crippen molar-refractivity contribution in [2.45, 2.75) is 39.8 Å². The summed E-state index contributed by atoms with van der Waals surface area (Å²) in [5, 5.41) is 2.82. The molecule has 0 saturated heterocycles. The fraction of sp³-hybridized carbons (Fsp3) is 0.440. The Hall–Kier alpha value is -2.79. The fourth-order valence-electron chi connectivity index (χ4n) is 3.67. The van der Waals surface area contributed by atoms with E-state index in [9.17, 15) is 18.0 Å². The number of rotatable bonds is 11. The van der Waals surface area contributed by atoms with Gasteiger partial charge in [-0.15, -0.1) is 0 Å². The molecule has 0 aliphatic carbocycles. The van der Waals surface area contributed by atoms with Crippen molar-refractivity contribution in [2.75, 3.05) is 36.4 Å². The van der Waals surface area contributed by atoms with Gasteiger partial charge in [-0.1, -0.05) is 35.0 Å². The molecule has 0 spiro atoms. The van der Waals surface area contributed by atoms with E-state index >= 15 is 0 Å². The minimum atomic E-state index is -3.82. The van der Waals surface area contributed by atoms with E-state index in [1.165, 1.54) is 11.8 Å². The van der Waals surface area contributed by atoms with Crippen LogP contribution in [-0.2, 0) is 26.2 Å². The van der Waals surface area contributed by atoms with Crippen molar-refractivity contribution in [2.24, 2.45) is 0 Å². The lowest BCUT2D eigenvalue weighted by Gasteiger charge is -2.32. The first-order valence-electron chi connectivity index (χ1n) is 11.9. The van der Waals surface area contributed by atoms with Crippen LogP contribution in [0.15, 0.2) is 46.9 Å². The Labute approximate surface area is 220 Å². The average molecular weight is 583 g/mol. The molecule has 0 fully saturated rings. The van der Waals surface area contributed by atoms with Crippen LogP contribution in [0, 0.1) is 0 Å². The topological polar surface area (TPSA) is 105 Å². The molecule has 2 amide bonds. The van der Waals surface area contributed by atoms with Gasteiger partial charge in [-0.2, -0.15) is 0 Å². The minimum Gasteiger partial charge on any atom is -0.486 e. The van der Waals surface area contributed by atoms with Gasteiger partial charge in [0.2, 0.25) is 21.8 Å². The summed E-state index contributed by atoms with van der Waals surface area (Å²) in [6, 6.07) is 11.4. The van der Waals surface area contributed by atoms with Crippen LogP contribution in [0.3, 0.4) is 0 Å². The predicted octanol–water partition coefficient (Wildman–Crippen LogP) is 3.32. The van der Waals surface area contributed by atoms with E-state index < -0.39 is 28.5 Å². The zero-order valence-electron chi connectivity index (χ0n) is 20.7. The van der Waals surface area contributed by atoms with Crippen molar-refractivity contribution < 1.29 is 27.5 Å². The molecule has 0 saturated carbocycles. The van der Waals surface area contributed by atoms with E-state index in [1.54, 1.807) is 25.1 Å². The van der Waals surface area contributed by atoms with Crippen LogP contribution in [0.4, 0.5) is 5.69 Å². The Morgan fingerprint density at radius 1 is 1.06 bits per heavy atom. The molecule has 2 aromatic rings. The molecule has 2 aromatic carbocycles. The van der Waals surface area contributed by atoms with Gasteiger partial charge in [0.1, 0.15) is 25.8 Å². The number of fused-ring (bicyclic) bond motifs is 1. The molecule has 196 valence electrons. The number of nitrogens with one attached hydrogen (secondary N) is 1. The molecule has 11 heteroatoms. The van der Waals surface area contributed by atoms with Crippen LogP contribution >= 0.6 is 15.9 Å². The maximum Gasteiger partial charge on any atom is 0.244 e. The van der Waals surface area contributed by atoms with Crippen LogP contribution < -0.4 is 19.1 Å². The molecule has 36 heavy (non-hydrogen) atoms. The van der Waals surface area contributed by atoms with E-state index in [0.717, 1.165) is 20.8 Å². The van der Waals surface area contributed by atoms with E-state index in [4.69, 9.17) is 9.47 Å². The summed E-state index contributed by atoms with van der Waals surface area (Å²) in [5.74, 6) is -0.0612. The lowest BCUT2D eigenvalue weighted by atomic mass is 10.1. The van der Waals surface area contributed by atoms with Gasteiger partial charge in [0.15, 0.2) is 11.5 Å². The van der Waals surface area contributed by atoms with Crippen LogP contribution in [0.25, 0.3) is 0 Å². The van der Waals surface area contributed by atoms with E-state index in [2.05, 4.69) is 21.2 Å². The van der Waals surface area contributed by atoms with E-state index in [-0.39, 0.29) is 18.2 Å². The monoisotopic (exact) mass is 581 g/mol. The van der Waals surface area contributed by atoms with Crippen LogP contribution in [0.1, 0.15) is 32.8 Å². The third-order valence-electron chi connectivity index (χ3n) is 5.78. The number of sulfonamides is 1. The molecule has 1 atom stereocenters. The Kier molecular flexibility index (Phi) is 9.61. The number of carbonyl (C=O) groups excluding carboxylic acids is 2. The van der Waals surface area contributed by atoms with Crippen LogP contribution in [-0.4, -0.2) is 63.2 Å². The van der Waals surface area contributed by atoms with E-state index in [0.29, 0.717) is 36.9 Å². The van der Waals surface area contributed by atoms with Crippen molar-refractivity contribution in [1.82, 2.24) is 10.2 Å². The molecule has 1 aliphatic rings. The third kappa shape index (κ3) is 6.91. The molecule has 0 unspecified atom stereocenters. The lowest BCUT2D eigenvalue weighted by molar-refractivity contribution is -0.139. The van der Waals surface area contributed by atoms with Gasteiger partial charge in [-0.3, -0.25) is 13.9 Å². The molecule has 3 rings (SSSR count). The van der Waals surface area contributed by atoms with Crippen molar-refractivity contribution in [3.8, 4) is 11.5 Å². The molecular weight excluding hydrogens is 550 g/mol. The number of hydrogen-bond acceptors (Lipinski definition) is 6. The Morgan fingerprint density at radius 2 is 1.72 bits per heavy atom. The smallest absolute Gasteiger partial charge is 0.244 e. The molecule has 9 nitrogen and oxygen atoms in total. The fourth-order valence-corrected chi connectivity index (χ4v) is 4.99. The first kappa shape index (κ1) is 27.8. The third-order valence-corrected chi connectivity index (χ3v) is 8.05. The second-order valence-corrected chi connectivity index (χ2v) is 11.4. The average Bonchev–Trinajstić information content (AvgIpc) is 2.89. The maximum atomic E-state index is 13.6. The highest BCUT2D eigenvalue weighted by Crippen LogP contribution is 2.35. The first-order chi connectivity index (χ1) is 17.2. The number of ether oxygens (including phenoxy) is 2. The molecule has 0 bridgehead atoms. The van der Waals surface area contributed by atoms with Crippen molar-refractivity contribution >= 4 is 43.5 Å². The van der Waals surface area contributed by atoms with Gasteiger partial charge in [-0.05, 0) is 50.1 Å². The molecule has 0 aromatic heterocycles. The van der Waals surface area contributed by atoms with Crippen molar-refractivity contribution in [3.63, 3.8) is 0 Å². The highest BCUT2D eigenvalue weighted by molar-refractivity contribution is 9.10. The van der Waals surface area contributed by atoms with Crippen LogP contribution in [0.5, 0.6) is 11.5 Å². The number of carbonyl (C=O) groups is 2. The number of nitrogens with zero attached hydrogens (tertiary/aromatic N) is 2. The number of hydrogen-bond donors (Lipinski definition) is 1. The quantitative estimate of drug-likeness (QED) is 0.436. The summed E-state index contributed by atoms with van der Waals surface area (Å²) in [5.41, 5.74) is 1.10. The van der Waals surface area contributed by atoms with Gasteiger partial charge >= 0.3 is 0 Å². The number of amides is 2. The number of anilines is 1. The summed E-state index contributed by atoms with van der Waals surface area (Å²) in [7, 11) is -3.82.